The number of rotatable bonds is 25. The van der Waals surface area contributed by atoms with Crippen molar-refractivity contribution in [3.63, 3.8) is 0 Å². The van der Waals surface area contributed by atoms with Crippen LogP contribution in [-0.2, 0) is 9.47 Å². The Kier molecular flexibility index (Phi) is 25.0. The molecule has 0 aliphatic carbocycles. The molecule has 0 aliphatic heterocycles. The van der Waals surface area contributed by atoms with Crippen molar-refractivity contribution < 1.29 is 19.7 Å². The van der Waals surface area contributed by atoms with Crippen molar-refractivity contribution in [2.45, 2.75) is 129 Å². The molecule has 0 aliphatic rings. The SMILES string of the molecule is CCCCCCCCCCCCCCCCOCCCC(CCOC)CC(O)CO. The highest BCUT2D eigenvalue weighted by Gasteiger charge is 2.13. The van der Waals surface area contributed by atoms with Crippen LogP contribution in [0.4, 0.5) is 0 Å². The number of aliphatic hydroxyl groups excluding tert-OH is 2. The van der Waals surface area contributed by atoms with Crippen LogP contribution in [0.2, 0.25) is 0 Å². The molecule has 4 nitrogen and oxygen atoms in total. The fourth-order valence-corrected chi connectivity index (χ4v) is 4.10. The van der Waals surface area contributed by atoms with Crippen LogP contribution >= 0.6 is 0 Å². The average Bonchev–Trinajstić information content (AvgIpc) is 2.76. The summed E-state index contributed by atoms with van der Waals surface area (Å²) in [7, 11) is 1.71. The van der Waals surface area contributed by atoms with Gasteiger partial charge in [-0.2, -0.15) is 0 Å². The molecule has 0 aromatic heterocycles. The minimum Gasteiger partial charge on any atom is -0.394 e. The van der Waals surface area contributed by atoms with Crippen molar-refractivity contribution in [2.24, 2.45) is 5.92 Å². The van der Waals surface area contributed by atoms with Crippen molar-refractivity contribution >= 4 is 0 Å². The Bertz CT molecular complexity index is 311. The van der Waals surface area contributed by atoms with E-state index in [0.717, 1.165) is 32.5 Å². The zero-order chi connectivity index (χ0) is 22.1. The van der Waals surface area contributed by atoms with Gasteiger partial charge in [0.05, 0.1) is 12.7 Å². The molecule has 0 rings (SSSR count). The molecule has 2 N–H and O–H groups in total. The number of ether oxygens (including phenoxy) is 2. The zero-order valence-electron chi connectivity index (χ0n) is 20.4. The Hall–Kier alpha value is -0.160. The Balaban J connectivity index is 3.31. The van der Waals surface area contributed by atoms with E-state index in [1.807, 2.05) is 0 Å². The highest BCUT2D eigenvalue weighted by Crippen LogP contribution is 2.18. The normalized spacial score (nSPS) is 13.6. The number of aliphatic hydroxyl groups is 2. The molecule has 0 heterocycles. The Morgan fingerprint density at radius 2 is 1.13 bits per heavy atom. The molecule has 0 aromatic rings. The van der Waals surface area contributed by atoms with Gasteiger partial charge in [0.15, 0.2) is 0 Å². The minimum atomic E-state index is -0.608. The first-order valence-corrected chi connectivity index (χ1v) is 13.1. The summed E-state index contributed by atoms with van der Waals surface area (Å²) in [5.41, 5.74) is 0. The molecule has 0 saturated heterocycles. The highest BCUT2D eigenvalue weighted by molar-refractivity contribution is 4.65. The molecule has 2 unspecified atom stereocenters. The van der Waals surface area contributed by atoms with Gasteiger partial charge in [-0.1, -0.05) is 90.4 Å². The number of hydrogen-bond donors (Lipinski definition) is 2. The van der Waals surface area contributed by atoms with Crippen LogP contribution in [0.1, 0.15) is 122 Å². The standard InChI is InChI=1S/C26H54O4/c1-3-4-5-6-7-8-9-10-11-12-13-14-15-16-20-30-21-17-18-25(19-22-29-2)23-26(28)24-27/h25-28H,3-24H2,1-2H3. The van der Waals surface area contributed by atoms with E-state index in [2.05, 4.69) is 6.92 Å². The second-order valence-electron chi connectivity index (χ2n) is 9.07. The summed E-state index contributed by atoms with van der Waals surface area (Å²) in [6, 6.07) is 0. The van der Waals surface area contributed by atoms with Gasteiger partial charge < -0.3 is 19.7 Å². The molecule has 0 fully saturated rings. The van der Waals surface area contributed by atoms with Crippen LogP contribution in [0, 0.1) is 5.92 Å². The fraction of sp³-hybridized carbons (Fsp3) is 1.00. The summed E-state index contributed by atoms with van der Waals surface area (Å²) in [5, 5.41) is 18.7. The smallest absolute Gasteiger partial charge is 0.0773 e. The van der Waals surface area contributed by atoms with Gasteiger partial charge in [-0.15, -0.1) is 0 Å². The molecule has 0 aromatic carbocycles. The van der Waals surface area contributed by atoms with Gasteiger partial charge in [-0.25, -0.2) is 0 Å². The lowest BCUT2D eigenvalue weighted by atomic mass is 9.93. The zero-order valence-corrected chi connectivity index (χ0v) is 20.4. The molecule has 30 heavy (non-hydrogen) atoms. The van der Waals surface area contributed by atoms with Crippen LogP contribution in [-0.4, -0.2) is 49.9 Å². The van der Waals surface area contributed by atoms with E-state index < -0.39 is 6.10 Å². The summed E-state index contributed by atoms with van der Waals surface area (Å²) in [6.45, 7) is 4.52. The van der Waals surface area contributed by atoms with E-state index in [1.165, 1.54) is 89.9 Å². The van der Waals surface area contributed by atoms with Gasteiger partial charge in [0.2, 0.25) is 0 Å². The summed E-state index contributed by atoms with van der Waals surface area (Å²) in [4.78, 5) is 0. The predicted molar refractivity (Wildman–Crippen MR) is 128 cm³/mol. The van der Waals surface area contributed by atoms with E-state index in [4.69, 9.17) is 14.6 Å². The maximum absolute atomic E-state index is 9.66. The van der Waals surface area contributed by atoms with Gasteiger partial charge in [0.25, 0.3) is 0 Å². The maximum Gasteiger partial charge on any atom is 0.0773 e. The molecule has 4 heteroatoms. The lowest BCUT2D eigenvalue weighted by molar-refractivity contribution is 0.0616. The number of methoxy groups -OCH3 is 1. The summed E-state index contributed by atoms with van der Waals surface area (Å²) in [5.74, 6) is 0.400. The summed E-state index contributed by atoms with van der Waals surface area (Å²) < 4.78 is 10.9. The third-order valence-electron chi connectivity index (χ3n) is 6.09. The molecule has 182 valence electrons. The molecular weight excluding hydrogens is 376 g/mol. The van der Waals surface area contributed by atoms with Crippen LogP contribution in [0.15, 0.2) is 0 Å². The minimum absolute atomic E-state index is 0.154. The molecular formula is C26H54O4. The molecule has 2 atom stereocenters. The van der Waals surface area contributed by atoms with Crippen molar-refractivity contribution in [1.82, 2.24) is 0 Å². The quantitative estimate of drug-likeness (QED) is 0.159. The first-order chi connectivity index (χ1) is 14.7. The van der Waals surface area contributed by atoms with Gasteiger partial charge in [-0.05, 0) is 38.0 Å². The summed E-state index contributed by atoms with van der Waals surface area (Å²) >= 11 is 0. The molecule has 0 spiro atoms. The van der Waals surface area contributed by atoms with Crippen LogP contribution in [0.25, 0.3) is 0 Å². The fourth-order valence-electron chi connectivity index (χ4n) is 4.10. The van der Waals surface area contributed by atoms with Gasteiger partial charge >= 0.3 is 0 Å². The first-order valence-electron chi connectivity index (χ1n) is 13.1. The Labute approximate surface area is 188 Å². The average molecular weight is 431 g/mol. The second-order valence-corrected chi connectivity index (χ2v) is 9.07. The molecule has 0 bridgehead atoms. The van der Waals surface area contributed by atoms with Crippen LogP contribution in [0.5, 0.6) is 0 Å². The number of hydrogen-bond acceptors (Lipinski definition) is 4. The molecule has 0 amide bonds. The van der Waals surface area contributed by atoms with Crippen molar-refractivity contribution in [1.29, 1.82) is 0 Å². The van der Waals surface area contributed by atoms with E-state index in [1.54, 1.807) is 7.11 Å². The van der Waals surface area contributed by atoms with Crippen LogP contribution in [0.3, 0.4) is 0 Å². The van der Waals surface area contributed by atoms with E-state index in [0.29, 0.717) is 18.9 Å². The van der Waals surface area contributed by atoms with Gasteiger partial charge in [0, 0.05) is 26.9 Å². The largest absolute Gasteiger partial charge is 0.394 e. The lowest BCUT2D eigenvalue weighted by Crippen LogP contribution is -2.19. The Morgan fingerprint density at radius 3 is 1.63 bits per heavy atom. The Morgan fingerprint density at radius 1 is 0.633 bits per heavy atom. The van der Waals surface area contributed by atoms with Crippen molar-refractivity contribution in [3.8, 4) is 0 Å². The summed E-state index contributed by atoms with van der Waals surface area (Å²) in [6.07, 6.45) is 22.4. The van der Waals surface area contributed by atoms with Crippen molar-refractivity contribution in [3.05, 3.63) is 0 Å². The van der Waals surface area contributed by atoms with Crippen LogP contribution < -0.4 is 0 Å². The van der Waals surface area contributed by atoms with Gasteiger partial charge in [-0.3, -0.25) is 0 Å². The number of unbranched alkanes of at least 4 members (excludes halogenated alkanes) is 13. The lowest BCUT2D eigenvalue weighted by Gasteiger charge is -2.19. The topological polar surface area (TPSA) is 58.9 Å². The van der Waals surface area contributed by atoms with E-state index in [9.17, 15) is 5.11 Å². The van der Waals surface area contributed by atoms with E-state index >= 15 is 0 Å². The predicted octanol–water partition coefficient (Wildman–Crippen LogP) is 6.66. The first kappa shape index (κ1) is 29.8. The maximum atomic E-state index is 9.66. The molecule has 0 saturated carbocycles. The monoisotopic (exact) mass is 430 g/mol. The van der Waals surface area contributed by atoms with Crippen molar-refractivity contribution in [2.75, 3.05) is 33.5 Å². The third-order valence-corrected chi connectivity index (χ3v) is 6.09. The highest BCUT2D eigenvalue weighted by atomic mass is 16.5. The van der Waals surface area contributed by atoms with Gasteiger partial charge in [0.1, 0.15) is 0 Å². The second kappa shape index (κ2) is 25.1. The molecule has 0 radical (unpaired) electrons. The van der Waals surface area contributed by atoms with E-state index in [-0.39, 0.29) is 6.61 Å². The third kappa shape index (κ3) is 22.5.